The van der Waals surface area contributed by atoms with Crippen LogP contribution in [-0.2, 0) is 6.42 Å². The van der Waals surface area contributed by atoms with Crippen molar-refractivity contribution >= 4 is 0 Å². The van der Waals surface area contributed by atoms with E-state index in [2.05, 4.69) is 29.4 Å². The van der Waals surface area contributed by atoms with Gasteiger partial charge in [0, 0.05) is 11.7 Å². The molecule has 15 heavy (non-hydrogen) atoms. The third-order valence-corrected chi connectivity index (χ3v) is 3.39. The predicted molar refractivity (Wildman–Crippen MR) is 62.0 cm³/mol. The van der Waals surface area contributed by atoms with Gasteiger partial charge in [-0.3, -0.25) is 5.10 Å². The number of nitrogens with one attached hydrogen (secondary N) is 2. The number of hydrogen-bond donors (Lipinski definition) is 2. The highest BCUT2D eigenvalue weighted by Crippen LogP contribution is 2.16. The van der Waals surface area contributed by atoms with Crippen LogP contribution in [0.3, 0.4) is 0 Å². The molecule has 0 saturated carbocycles. The van der Waals surface area contributed by atoms with E-state index in [1.54, 1.807) is 0 Å². The first kappa shape index (κ1) is 10.7. The van der Waals surface area contributed by atoms with Crippen LogP contribution in [0.25, 0.3) is 0 Å². The average Bonchev–Trinajstić information content (AvgIpc) is 2.49. The molecule has 1 unspecified atom stereocenters. The van der Waals surface area contributed by atoms with Crippen molar-refractivity contribution < 1.29 is 0 Å². The Labute approximate surface area is 91.7 Å². The Morgan fingerprint density at radius 3 is 2.87 bits per heavy atom. The molecule has 2 N–H and O–H groups in total. The number of aromatic nitrogens is 2. The topological polar surface area (TPSA) is 40.7 Å². The summed E-state index contributed by atoms with van der Waals surface area (Å²) in [6, 6.07) is 0.655. The molecule has 1 atom stereocenters. The predicted octanol–water partition coefficient (Wildman–Crippen LogP) is 2.10. The highest BCUT2D eigenvalue weighted by atomic mass is 15.1. The summed E-state index contributed by atoms with van der Waals surface area (Å²) >= 11 is 0. The summed E-state index contributed by atoms with van der Waals surface area (Å²) in [6.07, 6.45) is 6.53. The first-order valence-electron chi connectivity index (χ1n) is 6.01. The van der Waals surface area contributed by atoms with Crippen LogP contribution >= 0.6 is 0 Å². The molecule has 3 nitrogen and oxygen atoms in total. The number of H-pyrrole nitrogens is 1. The molecule has 2 rings (SSSR count). The summed E-state index contributed by atoms with van der Waals surface area (Å²) in [5.41, 5.74) is 3.81. The fourth-order valence-electron chi connectivity index (χ4n) is 2.40. The molecule has 84 valence electrons. The lowest BCUT2D eigenvalue weighted by Gasteiger charge is -2.15. The summed E-state index contributed by atoms with van der Waals surface area (Å²) < 4.78 is 0. The van der Waals surface area contributed by atoms with Crippen molar-refractivity contribution in [1.82, 2.24) is 15.5 Å². The summed E-state index contributed by atoms with van der Waals surface area (Å²) in [6.45, 7) is 5.39. The molecule has 0 aromatic carbocycles. The third-order valence-electron chi connectivity index (χ3n) is 3.39. The van der Waals surface area contributed by atoms with E-state index in [0.29, 0.717) is 6.04 Å². The normalized spacial score (nSPS) is 22.7. The van der Waals surface area contributed by atoms with Gasteiger partial charge in [-0.1, -0.05) is 12.8 Å². The van der Waals surface area contributed by atoms with Gasteiger partial charge < -0.3 is 5.32 Å². The minimum atomic E-state index is 0.655. The third kappa shape index (κ3) is 2.59. The Kier molecular flexibility index (Phi) is 3.41. The second-order valence-electron chi connectivity index (χ2n) is 4.62. The molecule has 0 radical (unpaired) electrons. The van der Waals surface area contributed by atoms with Gasteiger partial charge in [0.25, 0.3) is 0 Å². The van der Waals surface area contributed by atoms with E-state index in [-0.39, 0.29) is 0 Å². The number of aromatic amines is 1. The lowest BCUT2D eigenvalue weighted by atomic mass is 10.0. The maximum atomic E-state index is 4.25. The standard InChI is InChI=1S/C12H21N3/c1-9-12(10(2)15-14-9)8-11-6-4-3-5-7-13-11/h11,13H,3-8H2,1-2H3,(H,14,15). The molecule has 2 heterocycles. The van der Waals surface area contributed by atoms with Gasteiger partial charge >= 0.3 is 0 Å². The largest absolute Gasteiger partial charge is 0.314 e. The molecule has 1 aromatic rings. The van der Waals surface area contributed by atoms with E-state index < -0.39 is 0 Å². The van der Waals surface area contributed by atoms with Crippen LogP contribution < -0.4 is 5.32 Å². The van der Waals surface area contributed by atoms with Gasteiger partial charge in [-0.2, -0.15) is 5.10 Å². The van der Waals surface area contributed by atoms with Crippen LogP contribution in [0.1, 0.15) is 42.6 Å². The van der Waals surface area contributed by atoms with Crippen LogP contribution in [0, 0.1) is 13.8 Å². The minimum Gasteiger partial charge on any atom is -0.314 e. The number of rotatable bonds is 2. The van der Waals surface area contributed by atoms with Gasteiger partial charge in [-0.15, -0.1) is 0 Å². The Bertz CT molecular complexity index is 289. The second-order valence-corrected chi connectivity index (χ2v) is 4.62. The molecular formula is C12H21N3. The minimum absolute atomic E-state index is 0.655. The SMILES string of the molecule is Cc1n[nH]c(C)c1CC1CCCCCN1. The Morgan fingerprint density at radius 2 is 2.13 bits per heavy atom. The first-order chi connectivity index (χ1) is 7.27. The van der Waals surface area contributed by atoms with Crippen LogP contribution in [0.2, 0.25) is 0 Å². The zero-order valence-corrected chi connectivity index (χ0v) is 9.77. The molecule has 3 heteroatoms. The van der Waals surface area contributed by atoms with E-state index in [4.69, 9.17) is 0 Å². The maximum absolute atomic E-state index is 4.25. The molecule has 0 bridgehead atoms. The molecule has 0 amide bonds. The number of hydrogen-bond acceptors (Lipinski definition) is 2. The molecule has 1 aliphatic heterocycles. The highest BCUT2D eigenvalue weighted by Gasteiger charge is 2.15. The van der Waals surface area contributed by atoms with Crippen molar-refractivity contribution in [3.63, 3.8) is 0 Å². The van der Waals surface area contributed by atoms with Crippen molar-refractivity contribution in [2.45, 2.75) is 52.0 Å². The second kappa shape index (κ2) is 4.79. The number of aryl methyl sites for hydroxylation is 2. The monoisotopic (exact) mass is 207 g/mol. The van der Waals surface area contributed by atoms with Crippen LogP contribution in [-0.4, -0.2) is 22.8 Å². The van der Waals surface area contributed by atoms with Gasteiger partial charge in [0.15, 0.2) is 0 Å². The molecular weight excluding hydrogens is 186 g/mol. The van der Waals surface area contributed by atoms with Crippen molar-refractivity contribution in [2.75, 3.05) is 6.54 Å². The van der Waals surface area contributed by atoms with Crippen molar-refractivity contribution in [3.8, 4) is 0 Å². The van der Waals surface area contributed by atoms with Gasteiger partial charge in [0.2, 0.25) is 0 Å². The lowest BCUT2D eigenvalue weighted by molar-refractivity contribution is 0.506. The zero-order chi connectivity index (χ0) is 10.7. The maximum Gasteiger partial charge on any atom is 0.0626 e. The fourth-order valence-corrected chi connectivity index (χ4v) is 2.40. The van der Waals surface area contributed by atoms with Crippen LogP contribution in [0.15, 0.2) is 0 Å². The van der Waals surface area contributed by atoms with Gasteiger partial charge in [0.05, 0.1) is 5.69 Å². The van der Waals surface area contributed by atoms with E-state index in [1.165, 1.54) is 49.2 Å². The summed E-state index contributed by atoms with van der Waals surface area (Å²) in [4.78, 5) is 0. The quantitative estimate of drug-likeness (QED) is 0.779. The highest BCUT2D eigenvalue weighted by molar-refractivity contribution is 5.24. The van der Waals surface area contributed by atoms with Gasteiger partial charge in [0.1, 0.15) is 0 Å². The summed E-state index contributed by atoms with van der Waals surface area (Å²) in [5, 5.41) is 10.9. The molecule has 1 fully saturated rings. The van der Waals surface area contributed by atoms with E-state index in [1.807, 2.05) is 0 Å². The lowest BCUT2D eigenvalue weighted by Crippen LogP contribution is -2.30. The van der Waals surface area contributed by atoms with E-state index >= 15 is 0 Å². The number of nitrogens with zero attached hydrogens (tertiary/aromatic N) is 1. The van der Waals surface area contributed by atoms with Gasteiger partial charge in [-0.25, -0.2) is 0 Å². The van der Waals surface area contributed by atoms with E-state index in [9.17, 15) is 0 Å². The summed E-state index contributed by atoms with van der Waals surface area (Å²) in [5.74, 6) is 0. The molecule has 1 saturated heterocycles. The fraction of sp³-hybridized carbons (Fsp3) is 0.750. The van der Waals surface area contributed by atoms with Crippen LogP contribution in [0.4, 0.5) is 0 Å². The first-order valence-corrected chi connectivity index (χ1v) is 6.01. The Morgan fingerprint density at radius 1 is 1.27 bits per heavy atom. The molecule has 1 aromatic heterocycles. The molecule has 0 aliphatic carbocycles. The van der Waals surface area contributed by atoms with Crippen molar-refractivity contribution in [3.05, 3.63) is 17.0 Å². The van der Waals surface area contributed by atoms with Gasteiger partial charge in [-0.05, 0) is 45.2 Å². The zero-order valence-electron chi connectivity index (χ0n) is 9.77. The Balaban J connectivity index is 2.00. The summed E-state index contributed by atoms with van der Waals surface area (Å²) in [7, 11) is 0. The molecule has 1 aliphatic rings. The smallest absolute Gasteiger partial charge is 0.0626 e. The van der Waals surface area contributed by atoms with Crippen LogP contribution in [0.5, 0.6) is 0 Å². The molecule has 0 spiro atoms. The Hall–Kier alpha value is -0.830. The van der Waals surface area contributed by atoms with Crippen molar-refractivity contribution in [2.24, 2.45) is 0 Å². The van der Waals surface area contributed by atoms with Crippen molar-refractivity contribution in [1.29, 1.82) is 0 Å². The average molecular weight is 207 g/mol. The van der Waals surface area contributed by atoms with E-state index in [0.717, 1.165) is 6.42 Å².